The number of nitrogen functional groups attached to an aromatic ring is 1. The second-order valence-corrected chi connectivity index (χ2v) is 4.36. The van der Waals surface area contributed by atoms with Crippen LogP contribution in [0.5, 0.6) is 0 Å². The normalized spacial score (nSPS) is 12.1. The van der Waals surface area contributed by atoms with Gasteiger partial charge < -0.3 is 11.1 Å². The summed E-state index contributed by atoms with van der Waals surface area (Å²) in [5.41, 5.74) is 6.82. The molecule has 0 aromatic carbocycles. The number of halogens is 1. The Kier molecular flexibility index (Phi) is 3.53. The van der Waals surface area contributed by atoms with E-state index in [-0.39, 0.29) is 6.04 Å². The van der Waals surface area contributed by atoms with Crippen LogP contribution in [0, 0.1) is 0 Å². The maximum absolute atomic E-state index is 5.69. The molecule has 0 spiro atoms. The van der Waals surface area contributed by atoms with Gasteiger partial charge in [-0.2, -0.15) is 0 Å². The molecular formula is C11H12BrN5. The summed E-state index contributed by atoms with van der Waals surface area (Å²) in [6.45, 7) is 2.04. The molecule has 88 valence electrons. The number of nitrogens with one attached hydrogen (secondary N) is 1. The second kappa shape index (κ2) is 5.09. The van der Waals surface area contributed by atoms with E-state index in [4.69, 9.17) is 5.73 Å². The molecule has 1 unspecified atom stereocenters. The summed E-state index contributed by atoms with van der Waals surface area (Å²) in [6, 6.07) is 4.02. The van der Waals surface area contributed by atoms with Crippen LogP contribution in [-0.4, -0.2) is 15.0 Å². The summed E-state index contributed by atoms with van der Waals surface area (Å²) in [5, 5.41) is 3.26. The molecule has 17 heavy (non-hydrogen) atoms. The standard InChI is InChI=1S/C11H12BrN5/c1-7(8-2-4-14-5-3-8)17-11-9(12)10(13)15-6-16-11/h2-7H,1H3,(H3,13,15,16,17). The topological polar surface area (TPSA) is 76.7 Å². The van der Waals surface area contributed by atoms with Crippen molar-refractivity contribution in [2.45, 2.75) is 13.0 Å². The minimum atomic E-state index is 0.114. The van der Waals surface area contributed by atoms with Crippen molar-refractivity contribution in [1.29, 1.82) is 0 Å². The first-order valence-electron chi connectivity index (χ1n) is 5.11. The molecule has 0 bridgehead atoms. The highest BCUT2D eigenvalue weighted by Gasteiger charge is 2.10. The monoisotopic (exact) mass is 293 g/mol. The van der Waals surface area contributed by atoms with Crippen molar-refractivity contribution in [3.63, 3.8) is 0 Å². The molecule has 3 N–H and O–H groups in total. The first-order chi connectivity index (χ1) is 8.18. The minimum Gasteiger partial charge on any atom is -0.383 e. The molecule has 0 fully saturated rings. The third-order valence-corrected chi connectivity index (χ3v) is 3.16. The van der Waals surface area contributed by atoms with Crippen LogP contribution in [0.15, 0.2) is 35.3 Å². The van der Waals surface area contributed by atoms with E-state index in [9.17, 15) is 0 Å². The van der Waals surface area contributed by atoms with Gasteiger partial charge in [0.2, 0.25) is 0 Å². The fraction of sp³-hybridized carbons (Fsp3) is 0.182. The predicted molar refractivity (Wildman–Crippen MR) is 70.4 cm³/mol. The van der Waals surface area contributed by atoms with E-state index in [1.807, 2.05) is 19.1 Å². The Labute approximate surface area is 108 Å². The van der Waals surface area contributed by atoms with Gasteiger partial charge in [-0.3, -0.25) is 4.98 Å². The summed E-state index contributed by atoms with van der Waals surface area (Å²) in [7, 11) is 0. The van der Waals surface area contributed by atoms with Crippen molar-refractivity contribution in [3.05, 3.63) is 40.9 Å². The van der Waals surface area contributed by atoms with E-state index in [0.717, 1.165) is 5.56 Å². The lowest BCUT2D eigenvalue weighted by Gasteiger charge is -2.15. The summed E-state index contributed by atoms with van der Waals surface area (Å²) in [5.74, 6) is 1.10. The number of nitrogens with two attached hydrogens (primary N) is 1. The molecule has 0 aliphatic carbocycles. The average molecular weight is 294 g/mol. The van der Waals surface area contributed by atoms with Gasteiger partial charge in [-0.1, -0.05) is 0 Å². The molecule has 0 saturated heterocycles. The van der Waals surface area contributed by atoms with Gasteiger partial charge in [0.05, 0.1) is 6.04 Å². The molecule has 0 aliphatic rings. The fourth-order valence-electron chi connectivity index (χ4n) is 1.42. The molecule has 6 heteroatoms. The Hall–Kier alpha value is -1.69. The van der Waals surface area contributed by atoms with Crippen molar-refractivity contribution in [1.82, 2.24) is 15.0 Å². The van der Waals surface area contributed by atoms with Gasteiger partial charge in [-0.05, 0) is 40.5 Å². The maximum atomic E-state index is 5.69. The molecule has 0 aliphatic heterocycles. The summed E-state index contributed by atoms with van der Waals surface area (Å²) in [4.78, 5) is 12.0. The highest BCUT2D eigenvalue weighted by Crippen LogP contribution is 2.27. The molecule has 0 saturated carbocycles. The number of pyridine rings is 1. The SMILES string of the molecule is CC(Nc1ncnc(N)c1Br)c1ccncc1. The van der Waals surface area contributed by atoms with E-state index in [1.54, 1.807) is 12.4 Å². The molecule has 2 rings (SSSR count). The van der Waals surface area contributed by atoms with E-state index in [1.165, 1.54) is 6.33 Å². The Morgan fingerprint density at radius 3 is 2.71 bits per heavy atom. The van der Waals surface area contributed by atoms with Crippen molar-refractivity contribution >= 4 is 27.6 Å². The van der Waals surface area contributed by atoms with E-state index in [0.29, 0.717) is 16.1 Å². The molecule has 2 heterocycles. The van der Waals surface area contributed by atoms with Crippen LogP contribution >= 0.6 is 15.9 Å². The average Bonchev–Trinajstić information content (AvgIpc) is 2.36. The molecular weight excluding hydrogens is 282 g/mol. The van der Waals surface area contributed by atoms with Crippen LogP contribution in [-0.2, 0) is 0 Å². The maximum Gasteiger partial charge on any atom is 0.146 e. The number of hydrogen-bond acceptors (Lipinski definition) is 5. The van der Waals surface area contributed by atoms with Crippen LogP contribution in [0.25, 0.3) is 0 Å². The quantitative estimate of drug-likeness (QED) is 0.909. The molecule has 1 atom stereocenters. The highest BCUT2D eigenvalue weighted by atomic mass is 79.9. The number of hydrogen-bond donors (Lipinski definition) is 2. The van der Waals surface area contributed by atoms with Gasteiger partial charge in [-0.15, -0.1) is 0 Å². The largest absolute Gasteiger partial charge is 0.383 e. The number of nitrogens with zero attached hydrogens (tertiary/aromatic N) is 3. The Balaban J connectivity index is 2.19. The lowest BCUT2D eigenvalue weighted by molar-refractivity contribution is 0.867. The summed E-state index contributed by atoms with van der Waals surface area (Å²) < 4.78 is 0.681. The third kappa shape index (κ3) is 2.71. The molecule has 0 radical (unpaired) electrons. The zero-order valence-corrected chi connectivity index (χ0v) is 10.8. The number of anilines is 2. The Morgan fingerprint density at radius 2 is 2.00 bits per heavy atom. The summed E-state index contributed by atoms with van der Waals surface area (Å²) >= 11 is 3.36. The van der Waals surface area contributed by atoms with Gasteiger partial charge >= 0.3 is 0 Å². The van der Waals surface area contributed by atoms with Gasteiger partial charge in [-0.25, -0.2) is 9.97 Å². The van der Waals surface area contributed by atoms with Crippen molar-refractivity contribution < 1.29 is 0 Å². The van der Waals surface area contributed by atoms with Crippen LogP contribution in [0.1, 0.15) is 18.5 Å². The number of rotatable bonds is 3. The fourth-order valence-corrected chi connectivity index (χ4v) is 1.74. The van der Waals surface area contributed by atoms with E-state index >= 15 is 0 Å². The smallest absolute Gasteiger partial charge is 0.146 e. The minimum absolute atomic E-state index is 0.114. The zero-order valence-electron chi connectivity index (χ0n) is 9.26. The highest BCUT2D eigenvalue weighted by molar-refractivity contribution is 9.10. The first kappa shape index (κ1) is 11.8. The lowest BCUT2D eigenvalue weighted by Crippen LogP contribution is -2.09. The van der Waals surface area contributed by atoms with Crippen molar-refractivity contribution in [2.75, 3.05) is 11.1 Å². The van der Waals surface area contributed by atoms with Gasteiger partial charge in [0, 0.05) is 12.4 Å². The number of aromatic nitrogens is 3. The van der Waals surface area contributed by atoms with Gasteiger partial charge in [0.15, 0.2) is 0 Å². The molecule has 2 aromatic rings. The van der Waals surface area contributed by atoms with E-state index < -0.39 is 0 Å². The lowest BCUT2D eigenvalue weighted by atomic mass is 10.1. The van der Waals surface area contributed by atoms with Gasteiger partial charge in [0.25, 0.3) is 0 Å². The molecule has 5 nitrogen and oxygen atoms in total. The van der Waals surface area contributed by atoms with Crippen molar-refractivity contribution in [3.8, 4) is 0 Å². The van der Waals surface area contributed by atoms with Crippen molar-refractivity contribution in [2.24, 2.45) is 0 Å². The predicted octanol–water partition coefficient (Wildman–Crippen LogP) is 2.39. The Bertz CT molecular complexity index is 502. The van der Waals surface area contributed by atoms with Crippen LogP contribution in [0.4, 0.5) is 11.6 Å². The summed E-state index contributed by atoms with van der Waals surface area (Å²) in [6.07, 6.45) is 4.95. The third-order valence-electron chi connectivity index (χ3n) is 2.38. The van der Waals surface area contributed by atoms with Gasteiger partial charge in [0.1, 0.15) is 22.4 Å². The van der Waals surface area contributed by atoms with E-state index in [2.05, 4.69) is 36.2 Å². The van der Waals surface area contributed by atoms with Crippen LogP contribution < -0.4 is 11.1 Å². The molecule has 2 aromatic heterocycles. The second-order valence-electron chi connectivity index (χ2n) is 3.57. The zero-order chi connectivity index (χ0) is 12.3. The van der Waals surface area contributed by atoms with Crippen LogP contribution in [0.3, 0.4) is 0 Å². The first-order valence-corrected chi connectivity index (χ1v) is 5.90. The van der Waals surface area contributed by atoms with Crippen LogP contribution in [0.2, 0.25) is 0 Å². The molecule has 0 amide bonds. The Morgan fingerprint density at radius 1 is 1.29 bits per heavy atom.